The van der Waals surface area contributed by atoms with Gasteiger partial charge in [0.15, 0.2) is 5.82 Å². The number of hydrogen-bond donors (Lipinski definition) is 3. The van der Waals surface area contributed by atoms with Crippen LogP contribution in [0.1, 0.15) is 43.0 Å². The maximum atomic E-state index is 9.59. The van der Waals surface area contributed by atoms with Crippen LogP contribution in [0.2, 0.25) is 0 Å². The molecule has 3 N–H and O–H groups in total. The summed E-state index contributed by atoms with van der Waals surface area (Å²) >= 11 is 0. The summed E-state index contributed by atoms with van der Waals surface area (Å²) in [6, 6.07) is 4.48. The summed E-state index contributed by atoms with van der Waals surface area (Å²) in [6.45, 7) is 3.10. The Bertz CT molecular complexity index is 777. The van der Waals surface area contributed by atoms with Gasteiger partial charge in [-0.3, -0.25) is 5.10 Å². The van der Waals surface area contributed by atoms with Crippen LogP contribution in [0, 0.1) is 12.3 Å². The van der Waals surface area contributed by atoms with Crippen LogP contribution in [0.25, 0.3) is 0 Å². The van der Waals surface area contributed by atoms with E-state index in [2.05, 4.69) is 31.5 Å². The van der Waals surface area contributed by atoms with Crippen LogP contribution in [0.3, 0.4) is 0 Å². The molecule has 2 aromatic rings. The molecule has 4 heterocycles. The standard InChI is InChI=1S/C17H22N6O/c1-10-4-14(19-15-5-13(21-22-15)11-2-3-11)20-16(18-10)23-8-17(9-24)6-12(23)7-17/h4-5,11-12,24H,2-3,6-9H2,1H3,(H2,18,19,20,21,22). The zero-order valence-corrected chi connectivity index (χ0v) is 13.8. The molecule has 0 spiro atoms. The van der Waals surface area contributed by atoms with E-state index in [-0.39, 0.29) is 12.0 Å². The number of aryl methyl sites for hydroxylation is 1. The van der Waals surface area contributed by atoms with Crippen molar-refractivity contribution in [3.05, 3.63) is 23.5 Å². The van der Waals surface area contributed by atoms with Crippen molar-refractivity contribution in [2.24, 2.45) is 5.41 Å². The smallest absolute Gasteiger partial charge is 0.227 e. The lowest BCUT2D eigenvalue weighted by Gasteiger charge is -2.34. The molecule has 24 heavy (non-hydrogen) atoms. The Hall–Kier alpha value is -2.15. The Morgan fingerprint density at radius 3 is 2.83 bits per heavy atom. The number of aromatic amines is 1. The number of fused-ring (bicyclic) bond motifs is 1. The van der Waals surface area contributed by atoms with E-state index in [1.807, 2.05) is 13.0 Å². The SMILES string of the molecule is Cc1cc(Nc2cc(C3CC3)[nH]n2)nc(N2CC3(CO)CC2C3)n1. The quantitative estimate of drug-likeness (QED) is 0.779. The molecule has 2 saturated carbocycles. The number of hydrogen-bond acceptors (Lipinski definition) is 6. The summed E-state index contributed by atoms with van der Waals surface area (Å²) in [6.07, 6.45) is 4.60. The summed E-state index contributed by atoms with van der Waals surface area (Å²) < 4.78 is 0. The molecule has 6 rings (SSSR count). The number of H-pyrrole nitrogens is 1. The van der Waals surface area contributed by atoms with Crippen molar-refractivity contribution >= 4 is 17.6 Å². The molecule has 4 aliphatic rings. The van der Waals surface area contributed by atoms with Gasteiger partial charge in [-0.1, -0.05) is 0 Å². The summed E-state index contributed by atoms with van der Waals surface area (Å²) in [5.41, 5.74) is 2.21. The van der Waals surface area contributed by atoms with Gasteiger partial charge >= 0.3 is 0 Å². The van der Waals surface area contributed by atoms with Crippen molar-refractivity contribution in [3.63, 3.8) is 0 Å². The molecule has 0 unspecified atom stereocenters. The number of aliphatic hydroxyl groups is 1. The highest BCUT2D eigenvalue weighted by Gasteiger charge is 2.55. The normalized spacial score (nSPS) is 28.1. The number of nitrogens with zero attached hydrogens (tertiary/aromatic N) is 4. The first-order valence-electron chi connectivity index (χ1n) is 8.70. The van der Waals surface area contributed by atoms with Crippen molar-refractivity contribution < 1.29 is 5.11 Å². The fraction of sp³-hybridized carbons (Fsp3) is 0.588. The van der Waals surface area contributed by atoms with Crippen LogP contribution in [0.5, 0.6) is 0 Å². The first kappa shape index (κ1) is 14.2. The summed E-state index contributed by atoms with van der Waals surface area (Å²) in [4.78, 5) is 11.5. The molecular formula is C17H22N6O. The number of aromatic nitrogens is 4. The summed E-state index contributed by atoms with van der Waals surface area (Å²) in [5.74, 6) is 2.99. The van der Waals surface area contributed by atoms with E-state index < -0.39 is 0 Å². The van der Waals surface area contributed by atoms with E-state index in [4.69, 9.17) is 4.98 Å². The van der Waals surface area contributed by atoms with E-state index >= 15 is 0 Å². The molecule has 2 saturated heterocycles. The zero-order valence-electron chi connectivity index (χ0n) is 13.8. The maximum absolute atomic E-state index is 9.59. The Morgan fingerprint density at radius 1 is 1.29 bits per heavy atom. The third-order valence-corrected chi connectivity index (χ3v) is 5.59. The van der Waals surface area contributed by atoms with Crippen LogP contribution in [-0.4, -0.2) is 44.5 Å². The predicted octanol–water partition coefficient (Wildman–Crippen LogP) is 2.09. The minimum absolute atomic E-state index is 0.0761. The van der Waals surface area contributed by atoms with Crippen molar-refractivity contribution in [1.82, 2.24) is 20.2 Å². The van der Waals surface area contributed by atoms with Crippen LogP contribution >= 0.6 is 0 Å². The number of anilines is 3. The third kappa shape index (κ3) is 2.26. The van der Waals surface area contributed by atoms with Crippen molar-refractivity contribution in [3.8, 4) is 0 Å². The van der Waals surface area contributed by atoms with Crippen LogP contribution in [-0.2, 0) is 0 Å². The Labute approximate surface area is 140 Å². The Balaban J connectivity index is 1.38. The first-order valence-corrected chi connectivity index (χ1v) is 8.70. The highest BCUT2D eigenvalue weighted by molar-refractivity contribution is 5.55. The van der Waals surface area contributed by atoms with Crippen LogP contribution in [0.15, 0.2) is 12.1 Å². The molecular weight excluding hydrogens is 304 g/mol. The molecule has 0 aromatic carbocycles. The highest BCUT2D eigenvalue weighted by Crippen LogP contribution is 2.52. The average Bonchev–Trinajstić information content (AvgIpc) is 3.02. The molecule has 0 amide bonds. The molecule has 4 fully saturated rings. The van der Waals surface area contributed by atoms with Gasteiger partial charge in [-0.15, -0.1) is 0 Å². The van der Waals surface area contributed by atoms with Crippen molar-refractivity contribution in [2.45, 2.75) is 44.6 Å². The molecule has 7 nitrogen and oxygen atoms in total. The van der Waals surface area contributed by atoms with E-state index in [0.29, 0.717) is 12.0 Å². The second-order valence-corrected chi connectivity index (χ2v) is 7.65. The zero-order chi connectivity index (χ0) is 16.3. The third-order valence-electron chi connectivity index (χ3n) is 5.59. The lowest BCUT2D eigenvalue weighted by molar-refractivity contribution is 0.0873. The van der Waals surface area contributed by atoms with Crippen LogP contribution in [0.4, 0.5) is 17.6 Å². The largest absolute Gasteiger partial charge is 0.396 e. The predicted molar refractivity (Wildman–Crippen MR) is 90.5 cm³/mol. The van der Waals surface area contributed by atoms with E-state index in [1.165, 1.54) is 18.5 Å². The minimum atomic E-state index is 0.0761. The maximum Gasteiger partial charge on any atom is 0.227 e. The molecule has 0 radical (unpaired) electrons. The topological polar surface area (TPSA) is 90.0 Å². The second-order valence-electron chi connectivity index (χ2n) is 7.65. The lowest BCUT2D eigenvalue weighted by Crippen LogP contribution is -2.37. The molecule has 2 bridgehead atoms. The lowest BCUT2D eigenvalue weighted by atomic mass is 9.71. The van der Waals surface area contributed by atoms with Gasteiger partial charge in [0.25, 0.3) is 0 Å². The van der Waals surface area contributed by atoms with Gasteiger partial charge in [0, 0.05) is 47.4 Å². The first-order chi connectivity index (χ1) is 11.6. The minimum Gasteiger partial charge on any atom is -0.396 e. The van der Waals surface area contributed by atoms with Crippen molar-refractivity contribution in [1.29, 1.82) is 0 Å². The summed E-state index contributed by atoms with van der Waals surface area (Å²) in [7, 11) is 0. The van der Waals surface area contributed by atoms with Gasteiger partial charge < -0.3 is 15.3 Å². The van der Waals surface area contributed by atoms with Crippen molar-refractivity contribution in [2.75, 3.05) is 23.4 Å². The molecule has 2 aliphatic carbocycles. The fourth-order valence-electron chi connectivity index (χ4n) is 4.07. The second kappa shape index (κ2) is 4.92. The van der Waals surface area contributed by atoms with E-state index in [9.17, 15) is 5.11 Å². The Morgan fingerprint density at radius 2 is 2.12 bits per heavy atom. The molecule has 2 aromatic heterocycles. The van der Waals surface area contributed by atoms with Gasteiger partial charge in [0.2, 0.25) is 5.95 Å². The fourth-order valence-corrected chi connectivity index (χ4v) is 4.07. The van der Waals surface area contributed by atoms with Gasteiger partial charge in [0.05, 0.1) is 6.61 Å². The summed E-state index contributed by atoms with van der Waals surface area (Å²) in [5, 5.41) is 20.3. The highest BCUT2D eigenvalue weighted by atomic mass is 16.3. The number of aliphatic hydroxyl groups excluding tert-OH is 1. The number of nitrogens with one attached hydrogen (secondary N) is 2. The van der Waals surface area contributed by atoms with Gasteiger partial charge in [-0.25, -0.2) is 4.98 Å². The monoisotopic (exact) mass is 326 g/mol. The average molecular weight is 326 g/mol. The Kier molecular flexibility index (Phi) is 2.92. The molecule has 126 valence electrons. The molecule has 2 aliphatic heterocycles. The molecule has 0 atom stereocenters. The van der Waals surface area contributed by atoms with E-state index in [0.717, 1.165) is 42.7 Å². The van der Waals surface area contributed by atoms with E-state index in [1.54, 1.807) is 0 Å². The van der Waals surface area contributed by atoms with Gasteiger partial charge in [-0.05, 0) is 32.6 Å². The van der Waals surface area contributed by atoms with Gasteiger partial charge in [0.1, 0.15) is 5.82 Å². The van der Waals surface area contributed by atoms with Crippen LogP contribution < -0.4 is 10.2 Å². The molecule has 7 heteroatoms. The van der Waals surface area contributed by atoms with Gasteiger partial charge in [-0.2, -0.15) is 10.1 Å². The number of rotatable bonds is 5.